The van der Waals surface area contributed by atoms with Gasteiger partial charge < -0.3 is 19.5 Å². The Hall–Kier alpha value is -4.65. The van der Waals surface area contributed by atoms with Gasteiger partial charge in [0.05, 0.1) is 30.8 Å². The van der Waals surface area contributed by atoms with Crippen LogP contribution in [-0.4, -0.2) is 30.1 Å². The molecule has 0 aliphatic heterocycles. The largest absolute Gasteiger partial charge is 0.493 e. The van der Waals surface area contributed by atoms with E-state index < -0.39 is 0 Å². The second-order valence-corrected chi connectivity index (χ2v) is 8.47. The zero-order valence-electron chi connectivity index (χ0n) is 20.5. The molecule has 0 saturated carbocycles. The van der Waals surface area contributed by atoms with Crippen LogP contribution in [0.1, 0.15) is 21.5 Å². The number of ether oxygens (including phenoxy) is 3. The molecule has 2 heterocycles. The van der Waals surface area contributed by atoms with Crippen molar-refractivity contribution in [1.29, 1.82) is 0 Å². The molecule has 2 aromatic heterocycles. The number of rotatable bonds is 6. The molecule has 0 aliphatic rings. The molecule has 3 aromatic carbocycles. The van der Waals surface area contributed by atoms with E-state index in [4.69, 9.17) is 14.2 Å². The summed E-state index contributed by atoms with van der Waals surface area (Å²) in [6.07, 6.45) is 3.26. The number of nitrogens with one attached hydrogen (secondary N) is 1. The van der Waals surface area contributed by atoms with Crippen molar-refractivity contribution < 1.29 is 19.0 Å². The van der Waals surface area contributed by atoms with Gasteiger partial charge >= 0.3 is 0 Å². The molecule has 5 aromatic rings. The van der Waals surface area contributed by atoms with Gasteiger partial charge in [0.2, 0.25) is 0 Å². The van der Waals surface area contributed by atoms with Gasteiger partial charge in [-0.3, -0.25) is 14.8 Å². The first-order valence-corrected chi connectivity index (χ1v) is 11.4. The van der Waals surface area contributed by atoms with Crippen molar-refractivity contribution in [3.63, 3.8) is 0 Å². The zero-order chi connectivity index (χ0) is 25.2. The molecule has 5 rings (SSSR count). The van der Waals surface area contributed by atoms with Crippen molar-refractivity contribution in [3.8, 4) is 23.0 Å². The summed E-state index contributed by atoms with van der Waals surface area (Å²) >= 11 is 0. The van der Waals surface area contributed by atoms with Gasteiger partial charge in [-0.25, -0.2) is 0 Å². The summed E-state index contributed by atoms with van der Waals surface area (Å²) in [5.74, 6) is 2.19. The van der Waals surface area contributed by atoms with Crippen LogP contribution >= 0.6 is 0 Å². The molecular weight excluding hydrogens is 454 g/mol. The third kappa shape index (κ3) is 4.51. The minimum absolute atomic E-state index is 0.222. The average molecular weight is 480 g/mol. The highest BCUT2D eigenvalue weighted by Gasteiger charge is 2.13. The van der Waals surface area contributed by atoms with E-state index in [0.717, 1.165) is 33.1 Å². The van der Waals surface area contributed by atoms with E-state index in [1.807, 2.05) is 68.4 Å². The van der Waals surface area contributed by atoms with E-state index in [-0.39, 0.29) is 5.91 Å². The second kappa shape index (κ2) is 9.54. The lowest BCUT2D eigenvalue weighted by Gasteiger charge is -2.13. The Kier molecular flexibility index (Phi) is 6.12. The summed E-state index contributed by atoms with van der Waals surface area (Å²) in [6, 6.07) is 18.7. The second-order valence-electron chi connectivity index (χ2n) is 8.47. The lowest BCUT2D eigenvalue weighted by molar-refractivity contribution is 0.102. The summed E-state index contributed by atoms with van der Waals surface area (Å²) in [6.45, 7) is 4.05. The number of anilines is 1. The first-order chi connectivity index (χ1) is 17.4. The Balaban J connectivity index is 1.44. The monoisotopic (exact) mass is 479 g/mol. The molecule has 36 heavy (non-hydrogen) atoms. The summed E-state index contributed by atoms with van der Waals surface area (Å²) in [5.41, 5.74) is 4.98. The van der Waals surface area contributed by atoms with Gasteiger partial charge in [0.25, 0.3) is 5.91 Å². The quantitative estimate of drug-likeness (QED) is 0.301. The molecule has 1 N–H and O–H groups in total. The zero-order valence-corrected chi connectivity index (χ0v) is 20.5. The molecule has 1 amide bonds. The highest BCUT2D eigenvalue weighted by atomic mass is 16.5. The minimum atomic E-state index is -0.222. The van der Waals surface area contributed by atoms with Crippen molar-refractivity contribution >= 4 is 33.4 Å². The van der Waals surface area contributed by atoms with Crippen LogP contribution in [0.5, 0.6) is 23.0 Å². The molecule has 0 aliphatic carbocycles. The maximum atomic E-state index is 12.9. The lowest BCUT2D eigenvalue weighted by atomic mass is 10.1. The number of carbonyl (C=O) groups is 1. The summed E-state index contributed by atoms with van der Waals surface area (Å²) in [7, 11) is 3.17. The molecule has 0 spiro atoms. The van der Waals surface area contributed by atoms with Crippen molar-refractivity contribution in [2.45, 2.75) is 13.8 Å². The predicted molar refractivity (Wildman–Crippen MR) is 141 cm³/mol. The van der Waals surface area contributed by atoms with Gasteiger partial charge in [-0.1, -0.05) is 6.07 Å². The van der Waals surface area contributed by atoms with Crippen LogP contribution in [0, 0.1) is 13.8 Å². The number of aryl methyl sites for hydroxylation is 2. The number of hydrogen-bond donors (Lipinski definition) is 1. The van der Waals surface area contributed by atoms with E-state index in [9.17, 15) is 4.79 Å². The number of benzene rings is 3. The molecule has 180 valence electrons. The Morgan fingerprint density at radius 1 is 0.778 bits per heavy atom. The van der Waals surface area contributed by atoms with Gasteiger partial charge in [0.15, 0.2) is 11.5 Å². The van der Waals surface area contributed by atoms with Crippen molar-refractivity contribution in [3.05, 3.63) is 89.7 Å². The molecule has 0 atom stereocenters. The Morgan fingerprint density at radius 2 is 1.58 bits per heavy atom. The Bertz CT molecular complexity index is 1610. The van der Waals surface area contributed by atoms with Crippen LogP contribution in [0.15, 0.2) is 73.1 Å². The minimum Gasteiger partial charge on any atom is -0.493 e. The van der Waals surface area contributed by atoms with Gasteiger partial charge in [0, 0.05) is 34.9 Å². The standard InChI is InChI=1S/C29H25N3O4/c1-17-5-6-21(11-18(17)2)32-29(33)20-12-19-13-22(7-8-24(19)31-16-20)36-26-9-10-30-25-15-28(35-4)27(34-3)14-23(25)26/h5-16H,1-4H3,(H,32,33). The lowest BCUT2D eigenvalue weighted by Crippen LogP contribution is -2.12. The average Bonchev–Trinajstić information content (AvgIpc) is 2.89. The molecule has 0 fully saturated rings. The SMILES string of the molecule is COc1cc2nccc(Oc3ccc4ncc(C(=O)Nc5ccc(C)c(C)c5)cc4c3)c2cc1OC. The third-order valence-corrected chi connectivity index (χ3v) is 6.11. The number of pyridine rings is 2. The number of nitrogens with zero attached hydrogens (tertiary/aromatic N) is 2. The van der Waals surface area contributed by atoms with Crippen molar-refractivity contribution in [1.82, 2.24) is 9.97 Å². The van der Waals surface area contributed by atoms with Gasteiger partial charge in [0.1, 0.15) is 11.5 Å². The maximum Gasteiger partial charge on any atom is 0.257 e. The number of carbonyl (C=O) groups excluding carboxylic acids is 1. The van der Waals surface area contributed by atoms with Crippen LogP contribution in [-0.2, 0) is 0 Å². The molecule has 0 bridgehead atoms. The van der Waals surface area contributed by atoms with Crippen LogP contribution in [0.25, 0.3) is 21.8 Å². The predicted octanol–water partition coefficient (Wildman–Crippen LogP) is 6.46. The number of aromatic nitrogens is 2. The van der Waals surface area contributed by atoms with Gasteiger partial charge in [-0.2, -0.15) is 0 Å². The summed E-state index contributed by atoms with van der Waals surface area (Å²) in [4.78, 5) is 21.8. The van der Waals surface area contributed by atoms with Crippen molar-refractivity contribution in [2.24, 2.45) is 0 Å². The fourth-order valence-electron chi connectivity index (χ4n) is 3.98. The van der Waals surface area contributed by atoms with Gasteiger partial charge in [-0.15, -0.1) is 0 Å². The number of amides is 1. The molecule has 0 unspecified atom stereocenters. The fraction of sp³-hybridized carbons (Fsp3) is 0.138. The van der Waals surface area contributed by atoms with Crippen LogP contribution < -0.4 is 19.5 Å². The maximum absolute atomic E-state index is 12.9. The van der Waals surface area contributed by atoms with E-state index >= 15 is 0 Å². The summed E-state index contributed by atoms with van der Waals surface area (Å²) < 4.78 is 17.1. The molecule has 7 nitrogen and oxygen atoms in total. The normalized spacial score (nSPS) is 10.9. The Morgan fingerprint density at radius 3 is 2.36 bits per heavy atom. The van der Waals surface area contributed by atoms with Crippen molar-refractivity contribution in [2.75, 3.05) is 19.5 Å². The first-order valence-electron chi connectivity index (χ1n) is 11.4. The van der Waals surface area contributed by atoms with E-state index in [0.29, 0.717) is 28.6 Å². The summed E-state index contributed by atoms with van der Waals surface area (Å²) in [5, 5.41) is 4.52. The molecule has 0 saturated heterocycles. The van der Waals surface area contributed by atoms with E-state index in [1.165, 1.54) is 5.56 Å². The molecular formula is C29H25N3O4. The Labute approximate surface area is 208 Å². The third-order valence-electron chi connectivity index (χ3n) is 6.11. The number of fused-ring (bicyclic) bond motifs is 2. The van der Waals surface area contributed by atoms with Crippen LogP contribution in [0.4, 0.5) is 5.69 Å². The highest BCUT2D eigenvalue weighted by Crippen LogP contribution is 2.37. The molecule has 7 heteroatoms. The van der Waals surface area contributed by atoms with Gasteiger partial charge in [-0.05, 0) is 73.5 Å². The number of methoxy groups -OCH3 is 2. The first kappa shape index (κ1) is 23.1. The van der Waals surface area contributed by atoms with Crippen LogP contribution in [0.2, 0.25) is 0 Å². The van der Waals surface area contributed by atoms with Crippen LogP contribution in [0.3, 0.4) is 0 Å². The van der Waals surface area contributed by atoms with E-state index in [1.54, 1.807) is 32.7 Å². The number of hydrogen-bond acceptors (Lipinski definition) is 6. The fourth-order valence-corrected chi connectivity index (χ4v) is 3.98. The van der Waals surface area contributed by atoms with E-state index in [2.05, 4.69) is 15.3 Å². The topological polar surface area (TPSA) is 82.6 Å². The molecule has 0 radical (unpaired) electrons. The highest BCUT2D eigenvalue weighted by molar-refractivity contribution is 6.06. The smallest absolute Gasteiger partial charge is 0.257 e.